The molecule has 4 bridgehead atoms. The molecule has 2 aliphatic carbocycles. The average molecular weight is 1260 g/mol. The lowest BCUT2D eigenvalue weighted by Gasteiger charge is -2.30. The number of aliphatic hydroxyl groups excluding tert-OH is 2. The van der Waals surface area contributed by atoms with E-state index in [0.29, 0.717) is 76.3 Å². The van der Waals surface area contributed by atoms with Crippen LogP contribution in [-0.4, -0.2) is 174 Å². The van der Waals surface area contributed by atoms with Crippen molar-refractivity contribution in [2.45, 2.75) is 156 Å². The van der Waals surface area contributed by atoms with Gasteiger partial charge in [0.2, 0.25) is 23.1 Å². The second-order valence-corrected chi connectivity index (χ2v) is 23.4. The molecular formula is C66H96N6O18. The Bertz CT molecular complexity index is 2690. The summed E-state index contributed by atoms with van der Waals surface area (Å²) in [4.78, 5) is 107. The summed E-state index contributed by atoms with van der Waals surface area (Å²) in [5.41, 5.74) is 12.6. The summed E-state index contributed by atoms with van der Waals surface area (Å²) in [5, 5.41) is 34.6. The van der Waals surface area contributed by atoms with E-state index in [1.54, 1.807) is 52.0 Å². The predicted molar refractivity (Wildman–Crippen MR) is 335 cm³/mol. The van der Waals surface area contributed by atoms with Crippen LogP contribution in [0.3, 0.4) is 0 Å². The molecule has 0 aromatic carbocycles. The lowest BCUT2D eigenvalue weighted by Crippen LogP contribution is -2.38. The highest BCUT2D eigenvalue weighted by Crippen LogP contribution is 2.31. The number of carbonyl (C=O) groups is 8. The fourth-order valence-electron chi connectivity index (χ4n) is 10.9. The molecule has 24 heteroatoms. The van der Waals surface area contributed by atoms with E-state index in [1.165, 1.54) is 66.6 Å². The molecular weight excluding hydrogens is 1160 g/mol. The number of amides is 4. The Labute approximate surface area is 528 Å². The average Bonchev–Trinajstić information content (AvgIpc) is 1.16. The van der Waals surface area contributed by atoms with Gasteiger partial charge in [-0.2, -0.15) is 0 Å². The van der Waals surface area contributed by atoms with Crippen molar-refractivity contribution in [1.29, 1.82) is 0 Å². The Kier molecular flexibility index (Phi) is 31.7. The third kappa shape index (κ3) is 23.0. The summed E-state index contributed by atoms with van der Waals surface area (Å²) in [5.74, 6) is -4.89. The van der Waals surface area contributed by atoms with E-state index >= 15 is 0 Å². The SMILES string of the molecule is CO[C@H]1/C=C\C=C(/C)C(=O)NC2=CC(=O)C(NCCCOCCCCOCCCNC3=C4C[C@@H](C)C[C@H](OC)[C@H](O)[C@@H](C)/C=C(\C)[C@H](OC(N)=O)[C@@H](OC)/C=C\C=C(/C)C(=O)NC(=CC3=O)C4=O)=C(C[C@@H](C)C[C@H](OC)[C@H](O)[C@@H](C)/C=C(\C)[C@@H]1OC(N)=O)C2=O. The van der Waals surface area contributed by atoms with E-state index < -0.39 is 108 Å². The zero-order chi connectivity index (χ0) is 66.8. The van der Waals surface area contributed by atoms with Gasteiger partial charge in [0.1, 0.15) is 12.2 Å². The fraction of sp³-hybridized carbons (Fsp3) is 0.576. The van der Waals surface area contributed by atoms with E-state index in [2.05, 4.69) is 21.3 Å². The first-order chi connectivity index (χ1) is 42.8. The molecule has 0 saturated heterocycles. The van der Waals surface area contributed by atoms with Crippen molar-refractivity contribution in [3.63, 3.8) is 0 Å². The number of hydrogen-bond donors (Lipinski definition) is 8. The molecule has 12 atom stereocenters. The van der Waals surface area contributed by atoms with Gasteiger partial charge in [-0.05, 0) is 102 Å². The minimum Gasteiger partial charge on any atom is -0.439 e. The van der Waals surface area contributed by atoms with Gasteiger partial charge in [-0.1, -0.05) is 76.3 Å². The molecule has 2 heterocycles. The number of hydrogen-bond acceptors (Lipinski definition) is 20. The summed E-state index contributed by atoms with van der Waals surface area (Å²) in [7, 11) is 5.78. The molecule has 0 fully saturated rings. The van der Waals surface area contributed by atoms with Gasteiger partial charge in [0.25, 0.3) is 11.8 Å². The number of ketones is 4. The number of Topliss-reactive ketones (excluding diaryl/α,β-unsaturated/α-hetero) is 2. The largest absolute Gasteiger partial charge is 0.439 e. The van der Waals surface area contributed by atoms with Crippen molar-refractivity contribution in [3.05, 3.63) is 117 Å². The molecule has 0 spiro atoms. The van der Waals surface area contributed by atoms with Crippen LogP contribution >= 0.6 is 0 Å². The van der Waals surface area contributed by atoms with Gasteiger partial charge in [0.15, 0.2) is 12.2 Å². The quantitative estimate of drug-likeness (QED) is 0.0410. The summed E-state index contributed by atoms with van der Waals surface area (Å²) in [6.07, 6.45) is 8.92. The molecule has 90 heavy (non-hydrogen) atoms. The molecule has 2 aliphatic heterocycles. The van der Waals surface area contributed by atoms with Gasteiger partial charge < -0.3 is 80.8 Å². The smallest absolute Gasteiger partial charge is 0.405 e. The predicted octanol–water partition coefficient (Wildman–Crippen LogP) is 5.31. The van der Waals surface area contributed by atoms with Gasteiger partial charge in [-0.25, -0.2) is 9.59 Å². The van der Waals surface area contributed by atoms with Crippen LogP contribution in [0.25, 0.3) is 0 Å². The number of nitrogens with two attached hydrogens (primary N) is 2. The summed E-state index contributed by atoms with van der Waals surface area (Å²) < 4.78 is 45.4. The molecule has 24 nitrogen and oxygen atoms in total. The van der Waals surface area contributed by atoms with Crippen LogP contribution in [0.15, 0.2) is 117 Å². The normalized spacial score (nSPS) is 30.6. The number of unbranched alkanes of at least 4 members (excludes halogenated alkanes) is 1. The van der Waals surface area contributed by atoms with E-state index in [4.69, 9.17) is 49.4 Å². The lowest BCUT2D eigenvalue weighted by molar-refractivity contribution is -0.120. The van der Waals surface area contributed by atoms with Crippen molar-refractivity contribution in [2.24, 2.45) is 35.1 Å². The third-order valence-corrected chi connectivity index (χ3v) is 15.9. The minimum absolute atomic E-state index is 0.113. The van der Waals surface area contributed by atoms with E-state index in [-0.39, 0.29) is 82.6 Å². The zero-order valence-corrected chi connectivity index (χ0v) is 54.2. The maximum atomic E-state index is 14.2. The van der Waals surface area contributed by atoms with Crippen LogP contribution < -0.4 is 32.7 Å². The Morgan fingerprint density at radius 1 is 0.556 bits per heavy atom. The second-order valence-electron chi connectivity index (χ2n) is 23.4. The van der Waals surface area contributed by atoms with Crippen LogP contribution in [0.1, 0.15) is 107 Å². The Hall–Kier alpha value is -7.16. The van der Waals surface area contributed by atoms with Gasteiger partial charge in [-0.15, -0.1) is 0 Å². The second kappa shape index (κ2) is 37.9. The molecule has 0 aromatic heterocycles. The maximum Gasteiger partial charge on any atom is 0.405 e. The molecule has 0 unspecified atom stereocenters. The van der Waals surface area contributed by atoms with Gasteiger partial charge >= 0.3 is 12.2 Å². The molecule has 0 radical (unpaired) electrons. The summed E-state index contributed by atoms with van der Waals surface area (Å²) in [6, 6.07) is 0. The first-order valence-corrected chi connectivity index (χ1v) is 30.6. The van der Waals surface area contributed by atoms with Crippen molar-refractivity contribution in [1.82, 2.24) is 21.3 Å². The number of aliphatic hydroxyl groups is 2. The van der Waals surface area contributed by atoms with Crippen molar-refractivity contribution < 1.29 is 86.5 Å². The highest BCUT2D eigenvalue weighted by atomic mass is 16.6. The monoisotopic (exact) mass is 1260 g/mol. The molecule has 10 N–H and O–H groups in total. The summed E-state index contributed by atoms with van der Waals surface area (Å²) >= 11 is 0. The van der Waals surface area contributed by atoms with Crippen molar-refractivity contribution in [2.75, 3.05) is 68.0 Å². The molecule has 4 aliphatic rings. The number of fused-ring (bicyclic) bond motifs is 4. The molecule has 0 saturated carbocycles. The molecule has 0 aromatic rings. The van der Waals surface area contributed by atoms with Crippen LogP contribution in [0.4, 0.5) is 9.59 Å². The number of primary amides is 2. The maximum absolute atomic E-state index is 14.2. The van der Waals surface area contributed by atoms with E-state index in [0.717, 1.165) is 12.2 Å². The summed E-state index contributed by atoms with van der Waals surface area (Å²) in [6.45, 7) is 16.0. The first-order valence-electron chi connectivity index (χ1n) is 30.6. The number of ether oxygens (including phenoxy) is 8. The Morgan fingerprint density at radius 3 is 1.24 bits per heavy atom. The highest BCUT2D eigenvalue weighted by Gasteiger charge is 2.36. The van der Waals surface area contributed by atoms with Crippen LogP contribution in [0.5, 0.6) is 0 Å². The van der Waals surface area contributed by atoms with Crippen LogP contribution in [-0.2, 0) is 66.7 Å². The molecule has 498 valence electrons. The first kappa shape index (κ1) is 75.3. The fourth-order valence-corrected chi connectivity index (χ4v) is 10.9. The minimum atomic E-state index is -1.03. The number of methoxy groups -OCH3 is 4. The highest BCUT2D eigenvalue weighted by molar-refractivity contribution is 6.24. The molecule has 4 amide bonds. The number of nitrogens with one attached hydrogen (secondary N) is 4. The number of rotatable bonds is 21. The Balaban J connectivity index is 1.33. The lowest BCUT2D eigenvalue weighted by atomic mass is 9.85. The van der Waals surface area contributed by atoms with E-state index in [9.17, 15) is 48.6 Å². The van der Waals surface area contributed by atoms with Crippen LogP contribution in [0.2, 0.25) is 0 Å². The van der Waals surface area contributed by atoms with Gasteiger partial charge in [-0.3, -0.25) is 28.8 Å². The molecule has 4 rings (SSSR count). The third-order valence-electron chi connectivity index (χ3n) is 15.9. The number of allylic oxidation sites excluding steroid dienone is 8. The standard InChI is InChI=1S/C66H96N6O18/c1-37-29-45-55(49(73)35-47(59(45)77)71-63(79)39(3)19-15-21-51(83-9)61(89-65(67)81)43(7)33-41(5)57(75)53(31-37)85-11)69-23-17-27-87-25-13-14-26-88-28-18-24-70-56-46-30-38(2)32-54(86-12)58(76)42(6)34-44(8)62(90-66(68)82)52(84-10)22-16-20-40(4)64(80)72-48(60(46)78)36-50(56)74/h15-16,19-22,33-38,41-42,51-54,57-58,61-62,69-70,75-76H,13-14,17-18,23-32H2,1-12H3,(H2,67,81)(H2,68,82)(H,71,79)(H,72,80)/b21-15-,22-16-,39-19+,40-20+,43-33+,44-34+/t37-,38-,41+,42+,51+,52+,53+,54+,57-,58-,61+,62+/m1/s1. The number of carbonyl (C=O) groups excluding carboxylic acids is 8. The Morgan fingerprint density at radius 2 is 0.911 bits per heavy atom. The van der Waals surface area contributed by atoms with Crippen molar-refractivity contribution in [3.8, 4) is 0 Å². The van der Waals surface area contributed by atoms with E-state index in [1.807, 2.05) is 13.8 Å². The zero-order valence-electron chi connectivity index (χ0n) is 54.2. The van der Waals surface area contributed by atoms with Crippen molar-refractivity contribution >= 4 is 47.1 Å². The van der Waals surface area contributed by atoms with Gasteiger partial charge in [0.05, 0.1) is 47.2 Å². The topological polar surface area (TPSA) is 351 Å². The van der Waals surface area contributed by atoms with Gasteiger partial charge in [0, 0.05) is 114 Å². The van der Waals surface area contributed by atoms with Crippen LogP contribution in [0, 0.1) is 23.7 Å².